The normalized spacial score (nSPS) is 12.3. The Labute approximate surface area is 184 Å². The van der Waals surface area contributed by atoms with Gasteiger partial charge in [0.2, 0.25) is 0 Å². The molecule has 0 aromatic rings. The van der Waals surface area contributed by atoms with Gasteiger partial charge in [0.05, 0.1) is 0 Å². The van der Waals surface area contributed by atoms with E-state index in [0.29, 0.717) is 12.5 Å². The molecule has 0 saturated carbocycles. The lowest BCUT2D eigenvalue weighted by Crippen LogP contribution is -2.08. The molecule has 0 heterocycles. The van der Waals surface area contributed by atoms with Crippen LogP contribution in [0.15, 0.2) is 12.7 Å². The van der Waals surface area contributed by atoms with E-state index in [1.54, 1.807) is 0 Å². The average Bonchev–Trinajstić information content (AvgIpc) is 2.65. The Balaban J connectivity index is 0. The number of aliphatic hydroxyl groups is 1. The van der Waals surface area contributed by atoms with E-state index >= 15 is 0 Å². The van der Waals surface area contributed by atoms with Crippen molar-refractivity contribution in [2.75, 3.05) is 18.1 Å². The second-order valence-corrected chi connectivity index (χ2v) is 9.93. The third-order valence-corrected chi connectivity index (χ3v) is 6.04. The van der Waals surface area contributed by atoms with Crippen molar-refractivity contribution in [2.45, 2.75) is 103 Å². The van der Waals surface area contributed by atoms with Crippen LogP contribution in [0.1, 0.15) is 103 Å². The lowest BCUT2D eigenvalue weighted by molar-refractivity contribution is 0.241. The summed E-state index contributed by atoms with van der Waals surface area (Å²) in [5.74, 6) is 2.76. The Morgan fingerprint density at radius 1 is 0.828 bits per heavy atom. The third-order valence-electron chi connectivity index (χ3n) is 4.75. The Kier molecular flexibility index (Phi) is 26.4. The largest absolute Gasteiger partial charge is 0.466 e. The molecule has 5 nitrogen and oxygen atoms in total. The molecule has 0 spiro atoms. The van der Waals surface area contributed by atoms with E-state index in [0.717, 1.165) is 12.2 Å². The number of aliphatic hydroxyl groups excluding tert-OH is 1. The molecule has 0 bridgehead atoms. The van der Waals surface area contributed by atoms with E-state index in [1.165, 1.54) is 95.6 Å². The van der Waals surface area contributed by atoms with Gasteiger partial charge in [0.1, 0.15) is 0 Å². The van der Waals surface area contributed by atoms with Crippen LogP contribution in [0.4, 0.5) is 0 Å². The zero-order valence-corrected chi connectivity index (χ0v) is 20.4. The van der Waals surface area contributed by atoms with Crippen LogP contribution in [-0.4, -0.2) is 37.9 Å². The summed E-state index contributed by atoms with van der Waals surface area (Å²) in [6, 6.07) is 0. The van der Waals surface area contributed by atoms with Crippen molar-refractivity contribution in [1.29, 1.82) is 0 Å². The second kappa shape index (κ2) is 24.4. The Bertz CT molecular complexity index is 368. The minimum atomic E-state index is -4.64. The molecule has 0 amide bonds. The monoisotopic (exact) mass is 454 g/mol. The van der Waals surface area contributed by atoms with Gasteiger partial charge in [-0.3, -0.25) is 0 Å². The van der Waals surface area contributed by atoms with E-state index in [-0.39, 0.29) is 0 Å². The first kappa shape index (κ1) is 31.3. The highest BCUT2D eigenvalue weighted by atomic mass is 32.2. The van der Waals surface area contributed by atoms with Gasteiger partial charge < -0.3 is 19.8 Å². The summed E-state index contributed by atoms with van der Waals surface area (Å²) in [6.45, 7) is 6.34. The van der Waals surface area contributed by atoms with Crippen molar-refractivity contribution >= 4 is 19.6 Å². The Morgan fingerprint density at radius 3 is 1.55 bits per heavy atom. The maximum Gasteiger partial charge on any atom is 0.466 e. The molecule has 0 aliphatic carbocycles. The van der Waals surface area contributed by atoms with E-state index < -0.39 is 7.82 Å². The summed E-state index contributed by atoms with van der Waals surface area (Å²) in [7, 11) is -4.64. The van der Waals surface area contributed by atoms with Crippen molar-refractivity contribution in [2.24, 2.45) is 5.92 Å². The first-order valence-electron chi connectivity index (χ1n) is 11.4. The molecule has 0 aromatic heterocycles. The van der Waals surface area contributed by atoms with Gasteiger partial charge in [0, 0.05) is 6.61 Å². The van der Waals surface area contributed by atoms with E-state index in [1.807, 2.05) is 17.8 Å². The molecule has 0 aliphatic heterocycles. The smallest absolute Gasteiger partial charge is 0.396 e. The molecular formula is C22H47O5PS. The van der Waals surface area contributed by atoms with Gasteiger partial charge in [-0.2, -0.15) is 11.8 Å². The molecule has 1 atom stereocenters. The number of unbranched alkanes of at least 4 members (excludes halogenated alkanes) is 13. The highest BCUT2D eigenvalue weighted by Gasteiger charge is 2.04. The van der Waals surface area contributed by atoms with Crippen LogP contribution in [0.5, 0.6) is 0 Å². The van der Waals surface area contributed by atoms with Crippen molar-refractivity contribution in [3.05, 3.63) is 12.7 Å². The molecule has 7 heteroatoms. The first-order valence-corrected chi connectivity index (χ1v) is 14.1. The van der Waals surface area contributed by atoms with Gasteiger partial charge in [-0.05, 0) is 30.3 Å². The Morgan fingerprint density at radius 2 is 1.21 bits per heavy atom. The standard InChI is InChI=1S/C22H44OS.H3O4P/c1-3-5-6-7-8-9-10-11-12-13-14-15-16-17-19-24-21-22(20-23)18-4-2;1-5(2,3)4/h4,22-23H,2-3,5-21H2,1H3;(H3,1,2,3,4). The minimum Gasteiger partial charge on any atom is -0.396 e. The van der Waals surface area contributed by atoms with Crippen molar-refractivity contribution in [3.63, 3.8) is 0 Å². The van der Waals surface area contributed by atoms with Crippen LogP contribution in [0, 0.1) is 5.92 Å². The summed E-state index contributed by atoms with van der Waals surface area (Å²) in [6.07, 6.45) is 22.8. The van der Waals surface area contributed by atoms with Crippen LogP contribution in [0.25, 0.3) is 0 Å². The molecule has 0 aromatic carbocycles. The molecular weight excluding hydrogens is 407 g/mol. The van der Waals surface area contributed by atoms with Crippen LogP contribution >= 0.6 is 19.6 Å². The predicted octanol–water partition coefficient (Wildman–Crippen LogP) is 6.46. The highest BCUT2D eigenvalue weighted by Crippen LogP contribution is 2.25. The fraction of sp³-hybridized carbons (Fsp3) is 0.909. The van der Waals surface area contributed by atoms with Gasteiger partial charge in [0.15, 0.2) is 0 Å². The summed E-state index contributed by atoms with van der Waals surface area (Å²) in [4.78, 5) is 21.6. The first-order chi connectivity index (χ1) is 13.8. The summed E-state index contributed by atoms with van der Waals surface area (Å²) in [5, 5.41) is 9.22. The fourth-order valence-corrected chi connectivity index (χ4v) is 4.23. The predicted molar refractivity (Wildman–Crippen MR) is 127 cm³/mol. The third kappa shape index (κ3) is 35.9. The van der Waals surface area contributed by atoms with Gasteiger partial charge in [-0.15, -0.1) is 6.58 Å². The summed E-state index contributed by atoms with van der Waals surface area (Å²) in [5.41, 5.74) is 0. The van der Waals surface area contributed by atoms with Gasteiger partial charge in [-0.25, -0.2) is 4.57 Å². The van der Waals surface area contributed by atoms with Crippen LogP contribution in [0.2, 0.25) is 0 Å². The average molecular weight is 455 g/mol. The fourth-order valence-electron chi connectivity index (χ4n) is 3.08. The highest BCUT2D eigenvalue weighted by molar-refractivity contribution is 7.99. The lowest BCUT2D eigenvalue weighted by Gasteiger charge is -2.10. The molecule has 0 aliphatic rings. The Hall–Kier alpha value is 0.160. The minimum absolute atomic E-state index is 0.303. The molecule has 176 valence electrons. The zero-order valence-electron chi connectivity index (χ0n) is 18.6. The van der Waals surface area contributed by atoms with E-state index in [2.05, 4.69) is 13.5 Å². The SMILES string of the molecule is C=CCC(CO)CSCCCCCCCCCCCCCCCC.O=P(O)(O)O. The maximum atomic E-state index is 9.22. The molecule has 29 heavy (non-hydrogen) atoms. The number of hydrogen-bond donors (Lipinski definition) is 4. The molecule has 0 rings (SSSR count). The van der Waals surface area contributed by atoms with Gasteiger partial charge in [0.25, 0.3) is 0 Å². The molecule has 1 unspecified atom stereocenters. The number of phosphoric acid groups is 1. The zero-order chi connectivity index (χ0) is 22.2. The molecule has 0 fully saturated rings. The van der Waals surface area contributed by atoms with E-state index in [9.17, 15) is 5.11 Å². The van der Waals surface area contributed by atoms with Gasteiger partial charge >= 0.3 is 7.82 Å². The van der Waals surface area contributed by atoms with Crippen molar-refractivity contribution in [3.8, 4) is 0 Å². The second-order valence-electron chi connectivity index (χ2n) is 7.76. The lowest BCUT2D eigenvalue weighted by atomic mass is 10.0. The number of thioether (sulfide) groups is 1. The molecule has 0 saturated heterocycles. The maximum absolute atomic E-state index is 9.22. The number of hydrogen-bond acceptors (Lipinski definition) is 3. The van der Waals surface area contributed by atoms with Crippen molar-refractivity contribution < 1.29 is 24.4 Å². The summed E-state index contributed by atoms with van der Waals surface area (Å²) >= 11 is 2.00. The van der Waals surface area contributed by atoms with Crippen LogP contribution < -0.4 is 0 Å². The van der Waals surface area contributed by atoms with Crippen LogP contribution in [0.3, 0.4) is 0 Å². The molecule has 4 N–H and O–H groups in total. The topological polar surface area (TPSA) is 98.0 Å². The van der Waals surface area contributed by atoms with E-state index in [4.69, 9.17) is 19.2 Å². The van der Waals surface area contributed by atoms with Crippen molar-refractivity contribution in [1.82, 2.24) is 0 Å². The number of rotatable bonds is 20. The molecule has 0 radical (unpaired) electrons. The quantitative estimate of drug-likeness (QED) is 0.0958. The van der Waals surface area contributed by atoms with Crippen LogP contribution in [-0.2, 0) is 4.57 Å². The number of allylic oxidation sites excluding steroid dienone is 1. The summed E-state index contributed by atoms with van der Waals surface area (Å²) < 4.78 is 8.88. The van der Waals surface area contributed by atoms with Gasteiger partial charge in [-0.1, -0.05) is 96.5 Å².